The van der Waals surface area contributed by atoms with Gasteiger partial charge in [0.05, 0.1) is 0 Å². The molecule has 4 nitrogen and oxygen atoms in total. The van der Waals surface area contributed by atoms with E-state index in [0.717, 1.165) is 6.42 Å². The van der Waals surface area contributed by atoms with Crippen LogP contribution in [0.3, 0.4) is 0 Å². The summed E-state index contributed by atoms with van der Waals surface area (Å²) in [6.45, 7) is 0.554. The van der Waals surface area contributed by atoms with Crippen molar-refractivity contribution in [1.82, 2.24) is 10.6 Å². The van der Waals surface area contributed by atoms with Crippen LogP contribution in [-0.4, -0.2) is 18.9 Å². The van der Waals surface area contributed by atoms with Crippen LogP contribution in [0.5, 0.6) is 5.75 Å². The van der Waals surface area contributed by atoms with Gasteiger partial charge in [0.15, 0.2) is 0 Å². The zero-order valence-corrected chi connectivity index (χ0v) is 12.1. The molecule has 0 atom stereocenters. The van der Waals surface area contributed by atoms with Crippen molar-refractivity contribution >= 4 is 6.03 Å². The van der Waals surface area contributed by atoms with E-state index in [1.54, 1.807) is 6.07 Å². The van der Waals surface area contributed by atoms with Crippen LogP contribution in [0.15, 0.2) is 24.3 Å². The first-order valence-electron chi connectivity index (χ1n) is 7.29. The maximum absolute atomic E-state index is 12.3. The summed E-state index contributed by atoms with van der Waals surface area (Å²) in [7, 11) is 0. The maximum Gasteiger partial charge on any atom is 0.573 e. The molecule has 1 aliphatic rings. The predicted octanol–water partition coefficient (Wildman–Crippen LogP) is 3.57. The van der Waals surface area contributed by atoms with E-state index in [9.17, 15) is 18.0 Å². The van der Waals surface area contributed by atoms with Gasteiger partial charge in [0.25, 0.3) is 0 Å². The van der Waals surface area contributed by atoms with Gasteiger partial charge in [0.2, 0.25) is 0 Å². The van der Waals surface area contributed by atoms with Gasteiger partial charge < -0.3 is 15.4 Å². The second-order valence-electron chi connectivity index (χ2n) is 5.35. The molecule has 2 N–H and O–H groups in total. The molecule has 0 radical (unpaired) electrons. The second-order valence-corrected chi connectivity index (χ2v) is 5.35. The van der Waals surface area contributed by atoms with Gasteiger partial charge in [-0.25, -0.2) is 4.79 Å². The van der Waals surface area contributed by atoms with Crippen molar-refractivity contribution in [2.24, 2.45) is 5.92 Å². The van der Waals surface area contributed by atoms with Crippen LogP contribution in [0.1, 0.15) is 31.2 Å². The minimum Gasteiger partial charge on any atom is -0.405 e. The Kier molecular flexibility index (Phi) is 5.51. The Morgan fingerprint density at radius 2 is 1.95 bits per heavy atom. The van der Waals surface area contributed by atoms with Crippen LogP contribution < -0.4 is 15.4 Å². The molecule has 2 rings (SSSR count). The highest BCUT2D eigenvalue weighted by molar-refractivity contribution is 5.73. The highest BCUT2D eigenvalue weighted by Gasteiger charge is 2.31. The smallest absolute Gasteiger partial charge is 0.405 e. The number of alkyl halides is 3. The quantitative estimate of drug-likeness (QED) is 0.843. The molecule has 0 heterocycles. The van der Waals surface area contributed by atoms with Crippen molar-refractivity contribution in [3.05, 3.63) is 29.8 Å². The molecule has 1 aromatic carbocycles. The summed E-state index contributed by atoms with van der Waals surface area (Å²) in [5.74, 6) is 0.394. The molecule has 1 aliphatic carbocycles. The number of carbonyl (C=O) groups excluding carboxylic acids is 1. The fraction of sp³-hybridized carbons (Fsp3) is 0.533. The van der Waals surface area contributed by atoms with Crippen molar-refractivity contribution in [2.75, 3.05) is 6.54 Å². The minimum absolute atomic E-state index is 0.0263. The maximum atomic E-state index is 12.3. The van der Waals surface area contributed by atoms with E-state index in [1.807, 2.05) is 0 Å². The molecule has 0 saturated heterocycles. The van der Waals surface area contributed by atoms with Crippen LogP contribution in [0.4, 0.5) is 18.0 Å². The van der Waals surface area contributed by atoms with E-state index in [4.69, 9.17) is 0 Å². The lowest BCUT2D eigenvalue weighted by Gasteiger charge is -2.25. The van der Waals surface area contributed by atoms with Crippen LogP contribution in [0.2, 0.25) is 0 Å². The van der Waals surface area contributed by atoms with E-state index in [0.29, 0.717) is 12.5 Å². The summed E-state index contributed by atoms with van der Waals surface area (Å²) >= 11 is 0. The van der Waals surface area contributed by atoms with Gasteiger partial charge >= 0.3 is 12.4 Å². The largest absolute Gasteiger partial charge is 0.573 e. The molecule has 0 unspecified atom stereocenters. The van der Waals surface area contributed by atoms with Crippen molar-refractivity contribution in [3.8, 4) is 5.75 Å². The Balaban J connectivity index is 1.76. The molecule has 7 heteroatoms. The summed E-state index contributed by atoms with van der Waals surface area (Å²) in [5, 5.41) is 5.24. The number of para-hydroxylation sites is 1. The van der Waals surface area contributed by atoms with Gasteiger partial charge in [0.1, 0.15) is 5.75 Å². The lowest BCUT2D eigenvalue weighted by Crippen LogP contribution is -2.36. The fourth-order valence-corrected chi connectivity index (χ4v) is 2.28. The molecule has 2 amide bonds. The number of hydrogen-bond acceptors (Lipinski definition) is 2. The normalized spacial score (nSPS) is 15.0. The Labute approximate surface area is 127 Å². The zero-order chi connectivity index (χ0) is 16.0. The first kappa shape index (κ1) is 16.5. The van der Waals surface area contributed by atoms with Crippen molar-refractivity contribution in [2.45, 2.75) is 38.6 Å². The second kappa shape index (κ2) is 7.38. The van der Waals surface area contributed by atoms with Gasteiger partial charge in [-0.05, 0) is 18.4 Å². The number of halogens is 3. The van der Waals surface area contributed by atoms with E-state index in [1.165, 1.54) is 37.5 Å². The van der Waals surface area contributed by atoms with Crippen molar-refractivity contribution < 1.29 is 22.7 Å². The van der Waals surface area contributed by atoms with Gasteiger partial charge in [-0.3, -0.25) is 0 Å². The number of benzene rings is 1. The number of carbonyl (C=O) groups is 1. The Bertz CT molecular complexity index is 502. The van der Waals surface area contributed by atoms with Gasteiger partial charge in [-0.15, -0.1) is 13.2 Å². The Morgan fingerprint density at radius 3 is 2.59 bits per heavy atom. The van der Waals surface area contributed by atoms with E-state index < -0.39 is 6.36 Å². The summed E-state index contributed by atoms with van der Waals surface area (Å²) in [4.78, 5) is 11.6. The SMILES string of the molecule is O=C(NCCC1CCC1)NCc1ccccc1OC(F)(F)F. The third-order valence-electron chi connectivity index (χ3n) is 3.70. The summed E-state index contributed by atoms with van der Waals surface area (Å²) in [6, 6.07) is 5.35. The Morgan fingerprint density at radius 1 is 1.23 bits per heavy atom. The minimum atomic E-state index is -4.75. The molecule has 0 bridgehead atoms. The molecule has 1 saturated carbocycles. The number of rotatable bonds is 6. The van der Waals surface area contributed by atoms with E-state index >= 15 is 0 Å². The molecule has 0 aliphatic heterocycles. The average Bonchev–Trinajstić information content (AvgIpc) is 2.39. The van der Waals surface area contributed by atoms with Crippen LogP contribution in [-0.2, 0) is 6.54 Å². The summed E-state index contributed by atoms with van der Waals surface area (Å²) in [6.07, 6.45) is -0.119. The molecular weight excluding hydrogens is 297 g/mol. The highest BCUT2D eigenvalue weighted by Crippen LogP contribution is 2.28. The Hall–Kier alpha value is -1.92. The molecule has 0 spiro atoms. The molecule has 22 heavy (non-hydrogen) atoms. The molecule has 0 aromatic heterocycles. The number of hydrogen-bond donors (Lipinski definition) is 2. The van der Waals surface area contributed by atoms with Crippen molar-refractivity contribution in [3.63, 3.8) is 0 Å². The van der Waals surface area contributed by atoms with E-state index in [2.05, 4.69) is 15.4 Å². The van der Waals surface area contributed by atoms with Crippen LogP contribution in [0, 0.1) is 5.92 Å². The topological polar surface area (TPSA) is 50.4 Å². The lowest BCUT2D eigenvalue weighted by atomic mass is 9.83. The van der Waals surface area contributed by atoms with Gasteiger partial charge in [-0.1, -0.05) is 37.5 Å². The summed E-state index contributed by atoms with van der Waals surface area (Å²) < 4.78 is 40.8. The van der Waals surface area contributed by atoms with Gasteiger partial charge in [0, 0.05) is 18.7 Å². The lowest BCUT2D eigenvalue weighted by molar-refractivity contribution is -0.274. The standard InChI is InChI=1S/C15H19F3N2O2/c16-15(17,18)22-13-7-2-1-6-12(13)10-20-14(21)19-9-8-11-4-3-5-11/h1-2,6-7,11H,3-5,8-10H2,(H2,19,20,21). The first-order chi connectivity index (χ1) is 10.4. The summed E-state index contributed by atoms with van der Waals surface area (Å²) in [5.41, 5.74) is 0.272. The van der Waals surface area contributed by atoms with Crippen LogP contribution in [0.25, 0.3) is 0 Å². The fourth-order valence-electron chi connectivity index (χ4n) is 2.28. The molecule has 122 valence electrons. The zero-order valence-electron chi connectivity index (χ0n) is 12.1. The average molecular weight is 316 g/mol. The number of amides is 2. The monoisotopic (exact) mass is 316 g/mol. The molecule has 1 fully saturated rings. The van der Waals surface area contributed by atoms with E-state index in [-0.39, 0.29) is 23.9 Å². The van der Waals surface area contributed by atoms with Crippen molar-refractivity contribution in [1.29, 1.82) is 0 Å². The highest BCUT2D eigenvalue weighted by atomic mass is 19.4. The number of urea groups is 1. The molecule has 1 aromatic rings. The third-order valence-corrected chi connectivity index (χ3v) is 3.70. The first-order valence-corrected chi connectivity index (χ1v) is 7.29. The predicted molar refractivity (Wildman–Crippen MR) is 75.3 cm³/mol. The van der Waals surface area contributed by atoms with Crippen LogP contribution >= 0.6 is 0 Å². The molecular formula is C15H19F3N2O2. The number of nitrogens with one attached hydrogen (secondary N) is 2. The van der Waals surface area contributed by atoms with Gasteiger partial charge in [-0.2, -0.15) is 0 Å². The number of ether oxygens (including phenoxy) is 1. The third kappa shape index (κ3) is 5.46.